The third-order valence-electron chi connectivity index (χ3n) is 4.25. The van der Waals surface area contributed by atoms with E-state index in [1.54, 1.807) is 53.7 Å². The lowest BCUT2D eigenvalue weighted by atomic mass is 10.0. The number of benzene rings is 1. The second-order valence-corrected chi connectivity index (χ2v) is 11.0. The van der Waals surface area contributed by atoms with Crippen LogP contribution in [0, 0.1) is 0 Å². The molecule has 0 fully saturated rings. The first-order valence-corrected chi connectivity index (χ1v) is 11.1. The van der Waals surface area contributed by atoms with Gasteiger partial charge in [0.25, 0.3) is 15.9 Å². The van der Waals surface area contributed by atoms with E-state index < -0.39 is 45.2 Å². The zero-order valence-electron chi connectivity index (χ0n) is 18.4. The van der Waals surface area contributed by atoms with Crippen LogP contribution in [0.5, 0.6) is 0 Å². The van der Waals surface area contributed by atoms with Crippen LogP contribution < -0.4 is 5.32 Å². The van der Waals surface area contributed by atoms with Crippen molar-refractivity contribution in [3.63, 3.8) is 0 Å². The van der Waals surface area contributed by atoms with Crippen LogP contribution in [0.2, 0.25) is 0 Å². The summed E-state index contributed by atoms with van der Waals surface area (Å²) in [6.45, 7) is 9.89. The first-order chi connectivity index (χ1) is 14.0. The summed E-state index contributed by atoms with van der Waals surface area (Å²) in [6, 6.07) is 4.90. The SMILES string of the molecule is CC(C)(C)OC(=O)N[C@@H](Cc1ccc(C2=CC(=O)N(C(C)(C)C)S2(=O)=O)cc1)C(=O)O. The van der Waals surface area contributed by atoms with E-state index in [1.807, 2.05) is 0 Å². The highest BCUT2D eigenvalue weighted by Crippen LogP contribution is 2.35. The van der Waals surface area contributed by atoms with Crippen LogP contribution >= 0.6 is 0 Å². The topological polar surface area (TPSA) is 130 Å². The van der Waals surface area contributed by atoms with E-state index >= 15 is 0 Å². The van der Waals surface area contributed by atoms with Gasteiger partial charge in [0.2, 0.25) is 0 Å². The fourth-order valence-electron chi connectivity index (χ4n) is 3.08. The monoisotopic (exact) mass is 452 g/mol. The molecule has 0 aromatic heterocycles. The Balaban J connectivity index is 2.20. The maximum atomic E-state index is 12.8. The lowest BCUT2D eigenvalue weighted by Gasteiger charge is -2.30. The molecule has 0 radical (unpaired) electrons. The summed E-state index contributed by atoms with van der Waals surface area (Å²) >= 11 is 0. The van der Waals surface area contributed by atoms with Gasteiger partial charge < -0.3 is 15.2 Å². The normalized spacial score (nSPS) is 17.2. The van der Waals surface area contributed by atoms with Crippen LogP contribution in [0.3, 0.4) is 0 Å². The molecule has 1 heterocycles. The average molecular weight is 453 g/mol. The molecule has 10 heteroatoms. The predicted octanol–water partition coefficient (Wildman–Crippen LogP) is 2.52. The highest BCUT2D eigenvalue weighted by atomic mass is 32.2. The van der Waals surface area contributed by atoms with Gasteiger partial charge in [0.15, 0.2) is 0 Å². The first kappa shape index (κ1) is 24.4. The Bertz CT molecular complexity index is 1010. The summed E-state index contributed by atoms with van der Waals surface area (Å²) in [5.74, 6) is -1.85. The van der Waals surface area contributed by atoms with Crippen LogP contribution in [0.25, 0.3) is 4.91 Å². The van der Waals surface area contributed by atoms with E-state index in [0.717, 1.165) is 10.4 Å². The molecule has 9 nitrogen and oxygen atoms in total. The van der Waals surface area contributed by atoms with E-state index in [4.69, 9.17) is 4.74 Å². The molecule has 1 aliphatic heterocycles. The van der Waals surface area contributed by atoms with Crippen molar-refractivity contribution in [2.24, 2.45) is 0 Å². The summed E-state index contributed by atoms with van der Waals surface area (Å²) in [5.41, 5.74) is -0.804. The molecule has 1 aliphatic rings. The van der Waals surface area contributed by atoms with Crippen molar-refractivity contribution in [1.29, 1.82) is 0 Å². The van der Waals surface area contributed by atoms with Gasteiger partial charge in [-0.25, -0.2) is 22.3 Å². The standard InChI is InChI=1S/C21H28N2O7S/c1-20(2,3)23-17(24)12-16(31(23,28)29)14-9-7-13(8-10-14)11-15(18(25)26)22-19(27)30-21(4,5)6/h7-10,12,15H,11H2,1-6H3,(H,22,27)(H,25,26)/t15-/m0/s1. The number of amides is 2. The van der Waals surface area contributed by atoms with Crippen molar-refractivity contribution in [2.75, 3.05) is 0 Å². The number of hydrogen-bond acceptors (Lipinski definition) is 6. The number of carbonyl (C=O) groups is 3. The second-order valence-electron chi connectivity index (χ2n) is 9.23. The van der Waals surface area contributed by atoms with Gasteiger partial charge in [0, 0.05) is 12.5 Å². The van der Waals surface area contributed by atoms with Crippen LogP contribution in [0.15, 0.2) is 30.3 Å². The summed E-state index contributed by atoms with van der Waals surface area (Å²) in [5, 5.41) is 11.7. The van der Waals surface area contributed by atoms with Crippen molar-refractivity contribution >= 4 is 32.9 Å². The molecule has 170 valence electrons. The molecule has 31 heavy (non-hydrogen) atoms. The Labute approximate surface area is 182 Å². The third-order valence-corrected chi connectivity index (χ3v) is 6.37. The minimum Gasteiger partial charge on any atom is -0.480 e. The molecule has 2 amide bonds. The number of hydrogen-bond donors (Lipinski definition) is 2. The summed E-state index contributed by atoms with van der Waals surface area (Å²) in [4.78, 5) is 35.6. The second kappa shape index (κ2) is 8.33. The van der Waals surface area contributed by atoms with Gasteiger partial charge in [-0.3, -0.25) is 4.79 Å². The maximum Gasteiger partial charge on any atom is 0.408 e. The smallest absolute Gasteiger partial charge is 0.408 e. The van der Waals surface area contributed by atoms with E-state index in [1.165, 1.54) is 12.1 Å². The number of carboxylic acid groups (broad SMARTS) is 1. The zero-order valence-corrected chi connectivity index (χ0v) is 19.2. The molecule has 1 aromatic carbocycles. The number of rotatable bonds is 5. The van der Waals surface area contributed by atoms with E-state index in [0.29, 0.717) is 11.1 Å². The number of sulfonamides is 1. The number of aliphatic carboxylic acids is 1. The van der Waals surface area contributed by atoms with Gasteiger partial charge in [-0.1, -0.05) is 24.3 Å². The number of nitrogens with one attached hydrogen (secondary N) is 1. The van der Waals surface area contributed by atoms with Crippen molar-refractivity contribution < 1.29 is 32.6 Å². The van der Waals surface area contributed by atoms with Gasteiger partial charge >= 0.3 is 12.1 Å². The van der Waals surface area contributed by atoms with Crippen LogP contribution in [0.1, 0.15) is 52.7 Å². The Morgan fingerprint density at radius 1 is 1.10 bits per heavy atom. The maximum absolute atomic E-state index is 12.8. The molecule has 0 saturated heterocycles. The number of alkyl carbamates (subject to hydrolysis) is 1. The quantitative estimate of drug-likeness (QED) is 0.702. The van der Waals surface area contributed by atoms with Crippen molar-refractivity contribution in [1.82, 2.24) is 9.62 Å². The Hall–Kier alpha value is -2.88. The number of ether oxygens (including phenoxy) is 1. The Morgan fingerprint density at radius 3 is 2.06 bits per heavy atom. The molecule has 2 rings (SSSR count). The molecule has 0 saturated carbocycles. The molecular formula is C21H28N2O7S. The fraction of sp³-hybridized carbons (Fsp3) is 0.476. The highest BCUT2D eigenvalue weighted by molar-refractivity contribution is 7.99. The lowest BCUT2D eigenvalue weighted by Crippen LogP contribution is -2.45. The molecule has 2 N–H and O–H groups in total. The van der Waals surface area contributed by atoms with Crippen LogP contribution in [-0.4, -0.2) is 53.0 Å². The molecule has 0 bridgehead atoms. The fourth-order valence-corrected chi connectivity index (χ4v) is 4.97. The number of carboxylic acids is 1. The molecule has 1 aromatic rings. The highest BCUT2D eigenvalue weighted by Gasteiger charge is 2.44. The summed E-state index contributed by atoms with van der Waals surface area (Å²) < 4.78 is 31.6. The van der Waals surface area contributed by atoms with Crippen molar-refractivity contribution in [3.8, 4) is 0 Å². The molecular weight excluding hydrogens is 424 g/mol. The summed E-state index contributed by atoms with van der Waals surface area (Å²) in [7, 11) is -3.99. The van der Waals surface area contributed by atoms with Gasteiger partial charge in [-0.2, -0.15) is 0 Å². The zero-order chi connectivity index (χ0) is 23.8. The number of carbonyl (C=O) groups excluding carboxylic acids is 2. The van der Waals surface area contributed by atoms with Gasteiger partial charge in [-0.05, 0) is 52.7 Å². The Morgan fingerprint density at radius 2 is 1.65 bits per heavy atom. The largest absolute Gasteiger partial charge is 0.480 e. The lowest BCUT2D eigenvalue weighted by molar-refractivity contribution is -0.139. The molecule has 1 atom stereocenters. The van der Waals surface area contributed by atoms with Gasteiger partial charge in [-0.15, -0.1) is 0 Å². The van der Waals surface area contributed by atoms with Crippen molar-refractivity contribution in [3.05, 3.63) is 41.5 Å². The van der Waals surface area contributed by atoms with Crippen LogP contribution in [-0.2, 0) is 30.8 Å². The third kappa shape index (κ3) is 5.84. The Kier molecular flexibility index (Phi) is 6.56. The molecule has 0 aliphatic carbocycles. The predicted molar refractivity (Wildman–Crippen MR) is 114 cm³/mol. The van der Waals surface area contributed by atoms with Crippen molar-refractivity contribution in [2.45, 2.75) is 65.1 Å². The number of nitrogens with zero attached hydrogens (tertiary/aromatic N) is 1. The van der Waals surface area contributed by atoms with Gasteiger partial charge in [0.1, 0.15) is 16.5 Å². The average Bonchev–Trinajstić information content (AvgIpc) is 2.81. The minimum absolute atomic E-state index is 0.0340. The van der Waals surface area contributed by atoms with E-state index in [2.05, 4.69) is 5.32 Å². The molecule has 0 spiro atoms. The summed E-state index contributed by atoms with van der Waals surface area (Å²) in [6.07, 6.45) is 0.201. The van der Waals surface area contributed by atoms with E-state index in [9.17, 15) is 27.9 Å². The van der Waals surface area contributed by atoms with E-state index in [-0.39, 0.29) is 11.3 Å². The minimum atomic E-state index is -3.99. The first-order valence-electron chi connectivity index (χ1n) is 9.65. The van der Waals surface area contributed by atoms with Crippen LogP contribution in [0.4, 0.5) is 4.79 Å². The van der Waals surface area contributed by atoms with Gasteiger partial charge in [0.05, 0.1) is 5.54 Å². The molecule has 0 unspecified atom stereocenters.